The third-order valence-corrected chi connectivity index (χ3v) is 3.63. The number of hydrogen-bond acceptors (Lipinski definition) is 4. The van der Waals surface area contributed by atoms with Gasteiger partial charge in [0, 0.05) is 19.5 Å². The smallest absolute Gasteiger partial charge is 0.306 e. The maximum atomic E-state index is 12.6. The van der Waals surface area contributed by atoms with Gasteiger partial charge in [0.05, 0.1) is 6.26 Å². The molecule has 136 valence electrons. The number of amides is 1. The molecule has 0 saturated carbocycles. The van der Waals surface area contributed by atoms with E-state index in [1.165, 1.54) is 0 Å². The number of carbonyl (C=O) groups excluding carboxylic acids is 1. The highest BCUT2D eigenvalue weighted by molar-refractivity contribution is 7.86. The minimum absolute atomic E-state index is 0.0758. The molecule has 0 atom stereocenters. The van der Waals surface area contributed by atoms with Crippen molar-refractivity contribution < 1.29 is 17.4 Å². The number of benzene rings is 1. The van der Waals surface area contributed by atoms with Gasteiger partial charge in [0.15, 0.2) is 0 Å². The van der Waals surface area contributed by atoms with E-state index in [4.69, 9.17) is 4.18 Å². The Labute approximate surface area is 146 Å². The van der Waals surface area contributed by atoms with Crippen molar-refractivity contribution in [3.63, 3.8) is 0 Å². The molecule has 0 saturated heterocycles. The van der Waals surface area contributed by atoms with Crippen molar-refractivity contribution >= 4 is 16.0 Å². The average molecular weight is 356 g/mol. The Balaban J connectivity index is 2.94. The molecule has 0 unspecified atom stereocenters. The Hall–Kier alpha value is -1.56. The molecule has 1 aromatic carbocycles. The Bertz CT molecular complexity index is 660. The fraction of sp³-hybridized carbons (Fsp3) is 0.611. The standard InChI is InChI=1S/C18H29NO4S/c1-14(2)12-19(17(20)11-18(3,4)5)13-15-8-7-9-16(10-15)23-24(6,21)22/h7-10,14H,11-13H2,1-6H3. The quantitative estimate of drug-likeness (QED) is 0.703. The van der Waals surface area contributed by atoms with E-state index in [-0.39, 0.29) is 17.1 Å². The Morgan fingerprint density at radius 2 is 1.88 bits per heavy atom. The summed E-state index contributed by atoms with van der Waals surface area (Å²) in [6.07, 6.45) is 1.48. The van der Waals surface area contributed by atoms with E-state index >= 15 is 0 Å². The fourth-order valence-corrected chi connectivity index (χ4v) is 2.80. The lowest BCUT2D eigenvalue weighted by molar-refractivity contribution is -0.134. The van der Waals surface area contributed by atoms with Gasteiger partial charge in [-0.1, -0.05) is 46.8 Å². The Kier molecular flexibility index (Phi) is 6.84. The second-order valence-electron chi connectivity index (χ2n) is 7.84. The first-order chi connectivity index (χ1) is 10.9. The predicted octanol–water partition coefficient (Wildman–Crippen LogP) is 3.45. The zero-order chi connectivity index (χ0) is 18.5. The van der Waals surface area contributed by atoms with Gasteiger partial charge in [0.25, 0.3) is 0 Å². The number of carbonyl (C=O) groups is 1. The summed E-state index contributed by atoms with van der Waals surface area (Å²) in [5.41, 5.74) is 0.771. The van der Waals surface area contributed by atoms with Crippen LogP contribution in [0, 0.1) is 11.3 Å². The molecule has 0 fully saturated rings. The lowest BCUT2D eigenvalue weighted by Gasteiger charge is -2.28. The molecular weight excluding hydrogens is 326 g/mol. The molecule has 0 radical (unpaired) electrons. The molecule has 0 bridgehead atoms. The van der Waals surface area contributed by atoms with Crippen molar-refractivity contribution in [2.45, 2.75) is 47.6 Å². The first-order valence-corrected chi connectivity index (χ1v) is 9.93. The van der Waals surface area contributed by atoms with Gasteiger partial charge in [-0.3, -0.25) is 4.79 Å². The third kappa shape index (κ3) is 8.34. The van der Waals surface area contributed by atoms with Crippen LogP contribution in [0.1, 0.15) is 46.6 Å². The molecule has 1 aromatic rings. The van der Waals surface area contributed by atoms with Crippen LogP contribution in [0.4, 0.5) is 0 Å². The molecule has 0 spiro atoms. The zero-order valence-corrected chi connectivity index (χ0v) is 16.3. The van der Waals surface area contributed by atoms with Crippen LogP contribution < -0.4 is 4.18 Å². The summed E-state index contributed by atoms with van der Waals surface area (Å²) >= 11 is 0. The van der Waals surface area contributed by atoms with Crippen LogP contribution in [0.3, 0.4) is 0 Å². The van der Waals surface area contributed by atoms with Gasteiger partial charge in [0.1, 0.15) is 5.75 Å². The molecule has 6 heteroatoms. The molecule has 1 amide bonds. The van der Waals surface area contributed by atoms with Gasteiger partial charge < -0.3 is 9.08 Å². The normalized spacial score (nSPS) is 12.3. The summed E-state index contributed by atoms with van der Waals surface area (Å²) < 4.78 is 27.4. The molecule has 0 N–H and O–H groups in total. The van der Waals surface area contributed by atoms with Crippen LogP contribution >= 0.6 is 0 Å². The maximum Gasteiger partial charge on any atom is 0.306 e. The van der Waals surface area contributed by atoms with Crippen molar-refractivity contribution in [2.24, 2.45) is 11.3 Å². The van der Waals surface area contributed by atoms with Gasteiger partial charge in [-0.25, -0.2) is 0 Å². The lowest BCUT2D eigenvalue weighted by atomic mass is 9.91. The van der Waals surface area contributed by atoms with Crippen molar-refractivity contribution in [3.8, 4) is 5.75 Å². The molecule has 0 aliphatic heterocycles. The number of hydrogen-bond donors (Lipinski definition) is 0. The van der Waals surface area contributed by atoms with E-state index < -0.39 is 10.1 Å². The molecular formula is C18H29NO4S. The van der Waals surface area contributed by atoms with Crippen LogP contribution in [0.2, 0.25) is 0 Å². The summed E-state index contributed by atoms with van der Waals surface area (Å²) in [5, 5.41) is 0. The first-order valence-electron chi connectivity index (χ1n) is 8.12. The monoisotopic (exact) mass is 355 g/mol. The highest BCUT2D eigenvalue weighted by atomic mass is 32.2. The van der Waals surface area contributed by atoms with E-state index in [9.17, 15) is 13.2 Å². The number of nitrogens with zero attached hydrogens (tertiary/aromatic N) is 1. The van der Waals surface area contributed by atoms with E-state index in [0.717, 1.165) is 11.8 Å². The minimum Gasteiger partial charge on any atom is -0.383 e. The Morgan fingerprint density at radius 1 is 1.25 bits per heavy atom. The molecule has 0 aliphatic rings. The van der Waals surface area contributed by atoms with Crippen LogP contribution in [0.5, 0.6) is 5.75 Å². The predicted molar refractivity (Wildman–Crippen MR) is 96.2 cm³/mol. The summed E-state index contributed by atoms with van der Waals surface area (Å²) in [5.74, 6) is 0.720. The van der Waals surface area contributed by atoms with Crippen molar-refractivity contribution in [3.05, 3.63) is 29.8 Å². The van der Waals surface area contributed by atoms with Crippen LogP contribution in [0.15, 0.2) is 24.3 Å². The summed E-state index contributed by atoms with van der Waals surface area (Å²) in [6.45, 7) is 11.4. The highest BCUT2D eigenvalue weighted by Crippen LogP contribution is 2.22. The average Bonchev–Trinajstić information content (AvgIpc) is 2.33. The van der Waals surface area contributed by atoms with E-state index in [1.54, 1.807) is 18.2 Å². The zero-order valence-electron chi connectivity index (χ0n) is 15.5. The van der Waals surface area contributed by atoms with Gasteiger partial charge in [-0.15, -0.1) is 0 Å². The topological polar surface area (TPSA) is 63.7 Å². The van der Waals surface area contributed by atoms with Gasteiger partial charge in [-0.2, -0.15) is 8.42 Å². The number of rotatable bonds is 7. The van der Waals surface area contributed by atoms with Crippen molar-refractivity contribution in [1.29, 1.82) is 0 Å². The van der Waals surface area contributed by atoms with Crippen molar-refractivity contribution in [1.82, 2.24) is 4.90 Å². The SMILES string of the molecule is CC(C)CN(Cc1cccc(OS(C)(=O)=O)c1)C(=O)CC(C)(C)C. The molecule has 0 heterocycles. The highest BCUT2D eigenvalue weighted by Gasteiger charge is 2.22. The minimum atomic E-state index is -3.56. The molecule has 1 rings (SSSR count). The van der Waals surface area contributed by atoms with E-state index in [0.29, 0.717) is 25.4 Å². The Morgan fingerprint density at radius 3 is 2.38 bits per heavy atom. The fourth-order valence-electron chi connectivity index (χ4n) is 2.35. The second-order valence-corrected chi connectivity index (χ2v) is 9.42. The molecule has 0 aromatic heterocycles. The van der Waals surface area contributed by atoms with Crippen LogP contribution in [0.25, 0.3) is 0 Å². The maximum absolute atomic E-state index is 12.6. The summed E-state index contributed by atoms with van der Waals surface area (Å²) in [6, 6.07) is 6.86. The van der Waals surface area contributed by atoms with E-state index in [2.05, 4.69) is 13.8 Å². The summed E-state index contributed by atoms with van der Waals surface area (Å²) in [4.78, 5) is 14.4. The first kappa shape index (κ1) is 20.5. The third-order valence-electron chi connectivity index (χ3n) is 3.14. The molecule has 0 aliphatic carbocycles. The molecule has 5 nitrogen and oxygen atoms in total. The van der Waals surface area contributed by atoms with Gasteiger partial charge >= 0.3 is 10.1 Å². The lowest BCUT2D eigenvalue weighted by Crippen LogP contribution is -2.35. The molecule has 24 heavy (non-hydrogen) atoms. The van der Waals surface area contributed by atoms with Crippen LogP contribution in [-0.4, -0.2) is 32.0 Å². The summed E-state index contributed by atoms with van der Waals surface area (Å²) in [7, 11) is -3.56. The van der Waals surface area contributed by atoms with Crippen molar-refractivity contribution in [2.75, 3.05) is 12.8 Å². The largest absolute Gasteiger partial charge is 0.383 e. The van der Waals surface area contributed by atoms with Gasteiger partial charge in [0.2, 0.25) is 5.91 Å². The second kappa shape index (κ2) is 8.01. The van der Waals surface area contributed by atoms with Crippen LogP contribution in [-0.2, 0) is 21.5 Å². The van der Waals surface area contributed by atoms with Gasteiger partial charge in [-0.05, 0) is 29.0 Å². The van der Waals surface area contributed by atoms with E-state index in [1.807, 2.05) is 31.7 Å².